The largest absolute Gasteiger partial charge is 0.349 e. The highest BCUT2D eigenvalue weighted by Gasteiger charge is 2.36. The molecule has 9 nitrogen and oxygen atoms in total. The Hall–Kier alpha value is -3.18. The zero-order chi connectivity index (χ0) is 21.6. The van der Waals surface area contributed by atoms with Gasteiger partial charge in [0.25, 0.3) is 11.5 Å². The first-order chi connectivity index (χ1) is 14.9. The number of aromatic amines is 1. The van der Waals surface area contributed by atoms with Gasteiger partial charge in [-0.15, -0.1) is 0 Å². The number of benzene rings is 2. The summed E-state index contributed by atoms with van der Waals surface area (Å²) in [5, 5.41) is 32.2. The van der Waals surface area contributed by atoms with Crippen LogP contribution in [0.25, 0.3) is 10.8 Å². The molecule has 160 valence electrons. The monoisotopic (exact) mass is 424 g/mol. The van der Waals surface area contributed by atoms with Gasteiger partial charge >= 0.3 is 0 Å². The molecule has 2 aliphatic rings. The van der Waals surface area contributed by atoms with Crippen molar-refractivity contribution >= 4 is 28.1 Å². The minimum atomic E-state index is -2.24. The molecule has 1 aromatic heterocycles. The molecule has 0 radical (unpaired) electrons. The minimum absolute atomic E-state index is 0.101. The number of hydrogen-bond acceptors (Lipinski definition) is 8. The molecule has 0 unspecified atom stereocenters. The van der Waals surface area contributed by atoms with Gasteiger partial charge in [-0.1, -0.05) is 18.2 Å². The number of halogens is 1. The van der Waals surface area contributed by atoms with Crippen LogP contribution >= 0.6 is 0 Å². The van der Waals surface area contributed by atoms with Gasteiger partial charge in [0, 0.05) is 31.7 Å². The number of H-pyrrole nitrogens is 1. The van der Waals surface area contributed by atoms with Crippen LogP contribution in [0.15, 0.2) is 52.3 Å². The van der Waals surface area contributed by atoms with Gasteiger partial charge in [0.1, 0.15) is 11.7 Å². The summed E-state index contributed by atoms with van der Waals surface area (Å²) < 4.78 is 13.5. The van der Waals surface area contributed by atoms with E-state index in [0.717, 1.165) is 11.8 Å². The fraction of sp³-hybridized carbons (Fsp3) is 0.286. The Bertz CT molecular complexity index is 1230. The van der Waals surface area contributed by atoms with Crippen molar-refractivity contribution < 1.29 is 14.6 Å². The molecule has 0 bridgehead atoms. The van der Waals surface area contributed by atoms with E-state index in [2.05, 4.69) is 25.4 Å². The molecule has 2 aromatic carbocycles. The number of nitrogens with one attached hydrogen (secondary N) is 2. The molecule has 0 atom stereocenters. The van der Waals surface area contributed by atoms with Crippen LogP contribution in [0, 0.1) is 5.82 Å². The second-order valence-electron chi connectivity index (χ2n) is 7.70. The predicted octanol–water partition coefficient (Wildman–Crippen LogP) is 0.930. The van der Waals surface area contributed by atoms with Crippen molar-refractivity contribution in [1.29, 1.82) is 0 Å². The van der Waals surface area contributed by atoms with E-state index in [1.165, 1.54) is 23.1 Å². The van der Waals surface area contributed by atoms with Gasteiger partial charge in [0.05, 0.1) is 23.0 Å². The highest BCUT2D eigenvalue weighted by atomic mass is 19.1. The van der Waals surface area contributed by atoms with E-state index < -0.39 is 11.7 Å². The highest BCUT2D eigenvalue weighted by molar-refractivity contribution is 6.12. The molecule has 0 aliphatic carbocycles. The van der Waals surface area contributed by atoms with Gasteiger partial charge in [0.2, 0.25) is 0 Å². The molecule has 0 spiro atoms. The molecule has 2 aliphatic heterocycles. The third-order valence-electron chi connectivity index (χ3n) is 5.71. The molecule has 1 fully saturated rings. The minimum Gasteiger partial charge on any atom is -0.349 e. The average Bonchev–Trinajstić information content (AvgIpc) is 2.76. The van der Waals surface area contributed by atoms with Crippen molar-refractivity contribution in [3.8, 4) is 0 Å². The molecule has 10 heteroatoms. The third-order valence-corrected chi connectivity index (χ3v) is 5.71. The molecule has 1 saturated heterocycles. The van der Waals surface area contributed by atoms with Gasteiger partial charge in [0.15, 0.2) is 5.82 Å². The molecule has 4 N–H and O–H groups in total. The van der Waals surface area contributed by atoms with Crippen LogP contribution in [0.4, 0.5) is 15.9 Å². The summed E-state index contributed by atoms with van der Waals surface area (Å²) in [7, 11) is 0. The maximum atomic E-state index is 13.5. The topological polar surface area (TPSA) is 117 Å². The van der Waals surface area contributed by atoms with Crippen molar-refractivity contribution in [3.05, 3.63) is 64.2 Å². The van der Waals surface area contributed by atoms with Gasteiger partial charge in [-0.2, -0.15) is 5.10 Å². The SMILES string of the molecule is O=c1[nH]nc2c3c(cccc13)NC(CN1CCN(C(O)(O)c3cccc(F)c3)CC1)=N2. The molecular formula is C21H21FN6O3. The van der Waals surface area contributed by atoms with E-state index in [-0.39, 0.29) is 11.1 Å². The van der Waals surface area contributed by atoms with E-state index in [0.29, 0.717) is 55.1 Å². The summed E-state index contributed by atoms with van der Waals surface area (Å²) >= 11 is 0. The quantitative estimate of drug-likeness (QED) is 0.461. The lowest BCUT2D eigenvalue weighted by molar-refractivity contribution is -0.281. The highest BCUT2D eigenvalue weighted by Crippen LogP contribution is 2.32. The third kappa shape index (κ3) is 3.59. The second-order valence-corrected chi connectivity index (χ2v) is 7.70. The second kappa shape index (κ2) is 7.50. The number of hydrogen-bond donors (Lipinski definition) is 4. The Labute approximate surface area is 176 Å². The lowest BCUT2D eigenvalue weighted by atomic mass is 10.1. The van der Waals surface area contributed by atoms with E-state index in [1.807, 2.05) is 6.07 Å². The molecule has 0 amide bonds. The summed E-state index contributed by atoms with van der Waals surface area (Å²) in [4.78, 5) is 20.2. The number of nitrogens with zero attached hydrogens (tertiary/aromatic N) is 4. The van der Waals surface area contributed by atoms with Crippen LogP contribution in [-0.4, -0.2) is 68.8 Å². The van der Waals surface area contributed by atoms with E-state index in [4.69, 9.17) is 0 Å². The zero-order valence-corrected chi connectivity index (χ0v) is 16.5. The number of aliphatic imine (C=N–C) groups is 1. The maximum absolute atomic E-state index is 13.5. The van der Waals surface area contributed by atoms with Crippen molar-refractivity contribution in [2.75, 3.05) is 38.0 Å². The standard InChI is InChI=1S/C21H21FN6O3/c22-14-4-1-3-13(11-14)21(30,31)28-9-7-27(8-10-28)12-17-23-16-6-2-5-15-18(16)19(24-17)25-26-20(15)29/h1-6,11,30-31H,7-10,12H2,(H,26,29)(H,23,24,25). The van der Waals surface area contributed by atoms with Crippen LogP contribution in [0.3, 0.4) is 0 Å². The number of aromatic nitrogens is 2. The fourth-order valence-corrected chi connectivity index (χ4v) is 4.08. The summed E-state index contributed by atoms with van der Waals surface area (Å²) in [5.74, 6) is -1.60. The van der Waals surface area contributed by atoms with Crippen molar-refractivity contribution in [3.63, 3.8) is 0 Å². The molecular weight excluding hydrogens is 403 g/mol. The van der Waals surface area contributed by atoms with Crippen LogP contribution < -0.4 is 10.9 Å². The molecule has 3 aromatic rings. The number of amidine groups is 1. The van der Waals surface area contributed by atoms with Crippen LogP contribution in [0.1, 0.15) is 5.56 Å². The summed E-state index contributed by atoms with van der Waals surface area (Å²) in [6.45, 7) is 2.40. The first kappa shape index (κ1) is 19.8. The lowest BCUT2D eigenvalue weighted by Crippen LogP contribution is -2.56. The lowest BCUT2D eigenvalue weighted by Gasteiger charge is -2.41. The summed E-state index contributed by atoms with van der Waals surface area (Å²) in [6.07, 6.45) is 0. The number of aliphatic hydroxyl groups is 2. The van der Waals surface area contributed by atoms with Gasteiger partial charge in [-0.25, -0.2) is 19.4 Å². The normalized spacial score (nSPS) is 17.5. The average molecular weight is 424 g/mol. The first-order valence-electron chi connectivity index (χ1n) is 9.96. The van der Waals surface area contributed by atoms with Crippen molar-refractivity contribution in [2.45, 2.75) is 5.91 Å². The van der Waals surface area contributed by atoms with Crippen molar-refractivity contribution in [1.82, 2.24) is 20.0 Å². The van der Waals surface area contributed by atoms with Crippen LogP contribution in [0.2, 0.25) is 0 Å². The number of anilines is 1. The van der Waals surface area contributed by atoms with E-state index in [1.54, 1.807) is 12.1 Å². The van der Waals surface area contributed by atoms with E-state index >= 15 is 0 Å². The summed E-state index contributed by atoms with van der Waals surface area (Å²) in [6, 6.07) is 10.8. The Morgan fingerprint density at radius 2 is 1.87 bits per heavy atom. The molecule has 31 heavy (non-hydrogen) atoms. The molecule has 0 saturated carbocycles. The van der Waals surface area contributed by atoms with Crippen LogP contribution in [-0.2, 0) is 5.91 Å². The fourth-order valence-electron chi connectivity index (χ4n) is 4.08. The van der Waals surface area contributed by atoms with Crippen molar-refractivity contribution in [2.24, 2.45) is 4.99 Å². The van der Waals surface area contributed by atoms with Gasteiger partial charge in [-0.3, -0.25) is 9.69 Å². The van der Waals surface area contributed by atoms with Gasteiger partial charge in [-0.05, 0) is 24.3 Å². The Morgan fingerprint density at radius 1 is 1.10 bits per heavy atom. The smallest absolute Gasteiger partial charge is 0.272 e. The molecule has 3 heterocycles. The zero-order valence-electron chi connectivity index (χ0n) is 16.5. The summed E-state index contributed by atoms with van der Waals surface area (Å²) in [5.41, 5.74) is 0.626. The predicted molar refractivity (Wildman–Crippen MR) is 114 cm³/mol. The molecule has 5 rings (SSSR count). The number of rotatable bonds is 4. The van der Waals surface area contributed by atoms with E-state index in [9.17, 15) is 19.4 Å². The number of piperazine rings is 1. The van der Waals surface area contributed by atoms with Gasteiger partial charge < -0.3 is 15.5 Å². The first-order valence-corrected chi connectivity index (χ1v) is 9.96. The van der Waals surface area contributed by atoms with Crippen LogP contribution in [0.5, 0.6) is 0 Å². The Morgan fingerprint density at radius 3 is 2.65 bits per heavy atom. The Balaban J connectivity index is 1.29. The Kier molecular flexibility index (Phi) is 4.78. The maximum Gasteiger partial charge on any atom is 0.272 e.